The molecule has 3 heterocycles. The maximum absolute atomic E-state index is 14.4. The third kappa shape index (κ3) is 12.5. The molecule has 0 bridgehead atoms. The van der Waals surface area contributed by atoms with E-state index >= 15 is 0 Å². The van der Waals surface area contributed by atoms with E-state index in [1.54, 1.807) is 42.3 Å². The smallest absolute Gasteiger partial charge is 0.338 e. The Kier molecular flexibility index (Phi) is 15.7. The normalized spacial score (nSPS) is 18.7. The first-order valence-corrected chi connectivity index (χ1v) is 22.6. The number of hydrogen-bond acceptors (Lipinski definition) is 15. The van der Waals surface area contributed by atoms with Crippen molar-refractivity contribution in [2.45, 2.75) is 56.9 Å². The largest absolute Gasteiger partial charge is 0.490 e. The van der Waals surface area contributed by atoms with Gasteiger partial charge in [-0.1, -0.05) is 48.5 Å². The Morgan fingerprint density at radius 1 is 0.768 bits per heavy atom. The number of likely N-dealkylation sites (tertiary alicyclic amines) is 1. The molecule has 3 aliphatic heterocycles. The number of halogens is 1. The number of rotatable bonds is 20. The molecule has 4 atom stereocenters. The van der Waals surface area contributed by atoms with E-state index in [1.807, 2.05) is 48.5 Å². The van der Waals surface area contributed by atoms with Gasteiger partial charge in [0.05, 0.1) is 49.5 Å². The van der Waals surface area contributed by atoms with E-state index in [0.717, 1.165) is 47.6 Å². The predicted molar refractivity (Wildman–Crippen MR) is 248 cm³/mol. The summed E-state index contributed by atoms with van der Waals surface area (Å²) in [5.41, 5.74) is 4.76. The van der Waals surface area contributed by atoms with Crippen LogP contribution in [0.5, 0.6) is 11.5 Å². The molecule has 0 spiro atoms. The zero-order chi connectivity index (χ0) is 48.3. The van der Waals surface area contributed by atoms with Crippen LogP contribution in [0.25, 0.3) is 0 Å². The summed E-state index contributed by atoms with van der Waals surface area (Å²) in [5, 5.41) is 19.8. The fraction of sp³-hybridized carbons (Fsp3) is 0.360. The molecule has 69 heavy (non-hydrogen) atoms. The average Bonchev–Trinajstić information content (AvgIpc) is 3.83. The van der Waals surface area contributed by atoms with E-state index in [9.17, 15) is 34.2 Å². The minimum atomic E-state index is -0.958. The molecule has 3 aliphatic rings. The zero-order valence-corrected chi connectivity index (χ0v) is 37.9. The van der Waals surface area contributed by atoms with Crippen LogP contribution < -0.4 is 19.3 Å². The van der Waals surface area contributed by atoms with Gasteiger partial charge in [0, 0.05) is 51.0 Å². The van der Waals surface area contributed by atoms with Gasteiger partial charge in [-0.3, -0.25) is 4.79 Å². The fourth-order valence-corrected chi connectivity index (χ4v) is 8.90. The molecule has 5 aromatic carbocycles. The second kappa shape index (κ2) is 22.5. The molecule has 362 valence electrons. The first kappa shape index (κ1) is 48.0. The summed E-state index contributed by atoms with van der Waals surface area (Å²) in [6, 6.07) is 32.2. The van der Waals surface area contributed by atoms with E-state index in [-0.39, 0.29) is 56.3 Å². The Labute approximate surface area is 397 Å². The van der Waals surface area contributed by atoms with Crippen molar-refractivity contribution < 1.29 is 57.5 Å². The summed E-state index contributed by atoms with van der Waals surface area (Å²) in [6.07, 6.45) is -0.278. The van der Waals surface area contributed by atoms with Crippen molar-refractivity contribution >= 4 is 23.3 Å². The van der Waals surface area contributed by atoms with Gasteiger partial charge in [0.25, 0.3) is 16.1 Å². The number of hydrogen-bond donors (Lipinski definition) is 0. The Bertz CT molecular complexity index is 2570. The van der Waals surface area contributed by atoms with Crippen molar-refractivity contribution in [1.29, 1.82) is 0 Å². The summed E-state index contributed by atoms with van der Waals surface area (Å²) in [7, 11) is 1.68. The molecule has 4 unspecified atom stereocenters. The van der Waals surface area contributed by atoms with Gasteiger partial charge in [-0.25, -0.2) is 9.18 Å². The molecule has 8 rings (SSSR count). The van der Waals surface area contributed by atoms with E-state index < -0.39 is 34.3 Å². The highest BCUT2D eigenvalue weighted by molar-refractivity contribution is 5.94. The number of ether oxygens (including phenoxy) is 5. The first-order valence-electron chi connectivity index (χ1n) is 22.6. The maximum Gasteiger partial charge on any atom is 0.338 e. The van der Waals surface area contributed by atoms with Gasteiger partial charge in [-0.2, -0.15) is 0 Å². The van der Waals surface area contributed by atoms with Crippen LogP contribution >= 0.6 is 0 Å². The Morgan fingerprint density at radius 2 is 1.45 bits per heavy atom. The highest BCUT2D eigenvalue weighted by Crippen LogP contribution is 2.38. The van der Waals surface area contributed by atoms with Crippen molar-refractivity contribution in [2.75, 3.05) is 69.4 Å². The molecule has 0 N–H and O–H groups in total. The molecule has 0 saturated carbocycles. The van der Waals surface area contributed by atoms with Crippen LogP contribution in [0, 0.1) is 26.0 Å². The van der Waals surface area contributed by atoms with E-state index in [1.165, 1.54) is 36.4 Å². The minimum absolute atomic E-state index is 0.0289. The number of esters is 1. The lowest BCUT2D eigenvalue weighted by molar-refractivity contribution is -0.763. The molecule has 1 amide bonds. The lowest BCUT2D eigenvalue weighted by atomic mass is 9.84. The van der Waals surface area contributed by atoms with E-state index in [2.05, 4.69) is 19.5 Å². The third-order valence-corrected chi connectivity index (χ3v) is 12.3. The lowest BCUT2D eigenvalue weighted by Gasteiger charge is -2.43. The molecule has 0 aliphatic carbocycles. The Hall–Kier alpha value is -7.51. The second-order valence-corrected chi connectivity index (χ2v) is 16.9. The van der Waals surface area contributed by atoms with Crippen LogP contribution in [-0.4, -0.2) is 105 Å². The Morgan fingerprint density at radius 3 is 2.13 bits per heavy atom. The zero-order valence-electron chi connectivity index (χ0n) is 37.9. The van der Waals surface area contributed by atoms with Gasteiger partial charge >= 0.3 is 5.97 Å². The first-order chi connectivity index (χ1) is 33.5. The standard InChI is InChI=1S/C50H52FN5O13/c1-63-24-3-21-52-23-25-64-45-19-10-36(26-44(45)52)31-65-46-29-54(49(57)38-11-6-34(7-12-38)32-66-55(59)60)30-47(69-50(58)39-13-8-35(9-14-39)33-67-56(61)62)48(46)37-15-17-42(18-16-37)68-43-20-22-53(28-43)41-5-2-4-40(51)27-41/h2,4-19,26-27,43,46-48H,3,20-25,28-33H2,1H3. The van der Waals surface area contributed by atoms with Gasteiger partial charge in [0.15, 0.2) is 0 Å². The summed E-state index contributed by atoms with van der Waals surface area (Å²) in [5.74, 6) is -0.614. The molecule has 2 fully saturated rings. The number of methoxy groups -OCH3 is 1. The van der Waals surface area contributed by atoms with E-state index in [0.29, 0.717) is 55.3 Å². The molecule has 5 aromatic rings. The third-order valence-electron chi connectivity index (χ3n) is 12.3. The van der Waals surface area contributed by atoms with Crippen molar-refractivity contribution in [3.8, 4) is 11.5 Å². The number of carbonyl (C=O) groups is 2. The molecule has 0 radical (unpaired) electrons. The van der Waals surface area contributed by atoms with Crippen molar-refractivity contribution in [3.63, 3.8) is 0 Å². The van der Waals surface area contributed by atoms with Crippen LogP contribution in [0.3, 0.4) is 0 Å². The number of fused-ring (bicyclic) bond motifs is 1. The number of piperidine rings is 1. The van der Waals surface area contributed by atoms with Gasteiger partial charge in [0.2, 0.25) is 0 Å². The highest BCUT2D eigenvalue weighted by atomic mass is 19.1. The number of carbonyl (C=O) groups excluding carboxylic acids is 2. The van der Waals surface area contributed by atoms with Crippen LogP contribution in [-0.2, 0) is 43.7 Å². The van der Waals surface area contributed by atoms with Gasteiger partial charge in [0.1, 0.15) is 49.3 Å². The molecular formula is C50H52FN5O13. The molecule has 18 nitrogen and oxygen atoms in total. The summed E-state index contributed by atoms with van der Waals surface area (Å²) in [6.45, 7) is 3.54. The van der Waals surface area contributed by atoms with Crippen LogP contribution in [0.15, 0.2) is 115 Å². The summed E-state index contributed by atoms with van der Waals surface area (Å²) < 4.78 is 44.9. The quantitative estimate of drug-likeness (QED) is 0.0329. The van der Waals surface area contributed by atoms with Gasteiger partial charge in [-0.15, -0.1) is 20.2 Å². The molecular weight excluding hydrogens is 898 g/mol. The van der Waals surface area contributed by atoms with Crippen LogP contribution in [0.2, 0.25) is 0 Å². The average molecular weight is 950 g/mol. The SMILES string of the molecule is COCCCN1CCOc2ccc(COC3CN(C(=O)c4ccc(CO[N+](=O)[O-])cc4)CC(OC(=O)c4ccc(CO[N+](=O)[O-])cc4)C3c3ccc(OC4CCN(c5cccc(F)c5)C4)cc3)cc21. The number of amides is 1. The minimum Gasteiger partial charge on any atom is -0.490 e. The van der Waals surface area contributed by atoms with Crippen molar-refractivity contribution in [2.24, 2.45) is 0 Å². The lowest BCUT2D eigenvalue weighted by Crippen LogP contribution is -2.55. The van der Waals surface area contributed by atoms with Crippen LogP contribution in [0.4, 0.5) is 15.8 Å². The van der Waals surface area contributed by atoms with Gasteiger partial charge in [-0.05, 0) is 95.4 Å². The van der Waals surface area contributed by atoms with E-state index in [4.69, 9.17) is 23.7 Å². The molecule has 2 saturated heterocycles. The number of benzene rings is 5. The topological polar surface area (TPSA) is 195 Å². The maximum atomic E-state index is 14.4. The molecule has 19 heteroatoms. The number of nitrogens with zero attached hydrogens (tertiary/aromatic N) is 5. The summed E-state index contributed by atoms with van der Waals surface area (Å²) in [4.78, 5) is 65.0. The van der Waals surface area contributed by atoms with Crippen molar-refractivity contribution in [3.05, 3.63) is 175 Å². The van der Waals surface area contributed by atoms with Crippen LogP contribution in [0.1, 0.15) is 61.7 Å². The number of anilines is 2. The summed E-state index contributed by atoms with van der Waals surface area (Å²) >= 11 is 0. The molecule has 0 aromatic heterocycles. The fourth-order valence-electron chi connectivity index (χ4n) is 8.90. The predicted octanol–water partition coefficient (Wildman–Crippen LogP) is 7.19. The Balaban J connectivity index is 1.08. The highest BCUT2D eigenvalue weighted by Gasteiger charge is 2.43. The monoisotopic (exact) mass is 949 g/mol. The van der Waals surface area contributed by atoms with Gasteiger partial charge < -0.3 is 48.1 Å². The van der Waals surface area contributed by atoms with Crippen molar-refractivity contribution in [1.82, 2.24) is 4.90 Å². The second-order valence-electron chi connectivity index (χ2n) is 16.9.